The van der Waals surface area contributed by atoms with Crippen molar-refractivity contribution in [2.45, 2.75) is 10.1 Å². The Morgan fingerprint density at radius 1 is 1.05 bits per heavy atom. The monoisotopic (exact) mass is 302 g/mol. The van der Waals surface area contributed by atoms with Crippen LogP contribution < -0.4 is 0 Å². The van der Waals surface area contributed by atoms with Crippen molar-refractivity contribution in [3.05, 3.63) is 70.3 Å². The normalized spacial score (nSPS) is 12.3. The van der Waals surface area contributed by atoms with Gasteiger partial charge in [0.15, 0.2) is 15.1 Å². The minimum Gasteiger partial charge on any atom is -0.258 e. The average molecular weight is 302 g/mol. The predicted octanol–water partition coefficient (Wildman–Crippen LogP) is 2.63. The van der Waals surface area contributed by atoms with E-state index in [1.807, 2.05) is 0 Å². The van der Waals surface area contributed by atoms with Crippen molar-refractivity contribution >= 4 is 15.5 Å². The molecule has 0 amide bonds. The van der Waals surface area contributed by atoms with Crippen LogP contribution in [0, 0.1) is 21.4 Å². The van der Waals surface area contributed by atoms with Crippen molar-refractivity contribution < 1.29 is 13.3 Å². The highest BCUT2D eigenvalue weighted by atomic mass is 32.2. The summed E-state index contributed by atoms with van der Waals surface area (Å²) in [6, 6.07) is 14.4. The number of hydrogen-bond donors (Lipinski definition) is 0. The van der Waals surface area contributed by atoms with Crippen molar-refractivity contribution in [2.24, 2.45) is 0 Å². The topological polar surface area (TPSA) is 101 Å². The number of non-ortho nitro benzene ring substituents is 1. The summed E-state index contributed by atoms with van der Waals surface area (Å²) in [6.45, 7) is 0. The van der Waals surface area contributed by atoms with E-state index in [1.54, 1.807) is 36.4 Å². The minimum absolute atomic E-state index is 0.122. The lowest BCUT2D eigenvalue weighted by molar-refractivity contribution is -0.384. The van der Waals surface area contributed by atoms with E-state index in [-0.39, 0.29) is 10.6 Å². The number of sulfone groups is 1. The third-order valence-electron chi connectivity index (χ3n) is 2.91. The molecule has 21 heavy (non-hydrogen) atoms. The molecule has 0 radical (unpaired) electrons. The van der Waals surface area contributed by atoms with Crippen LogP contribution in [-0.4, -0.2) is 13.3 Å². The molecular weight excluding hydrogens is 292 g/mol. The zero-order valence-electron chi connectivity index (χ0n) is 10.7. The number of nitro benzene ring substituents is 1. The first kappa shape index (κ1) is 14.7. The molecule has 2 rings (SSSR count). The summed E-state index contributed by atoms with van der Waals surface area (Å²) in [5.74, 6) is 0. The van der Waals surface area contributed by atoms with Gasteiger partial charge in [-0.3, -0.25) is 10.1 Å². The van der Waals surface area contributed by atoms with Gasteiger partial charge in [-0.2, -0.15) is 5.26 Å². The van der Waals surface area contributed by atoms with Gasteiger partial charge in [0.05, 0.1) is 15.9 Å². The summed E-state index contributed by atoms with van der Waals surface area (Å²) >= 11 is 0. The molecule has 0 spiro atoms. The minimum atomic E-state index is -3.93. The number of rotatable bonds is 4. The molecule has 2 aromatic carbocycles. The fourth-order valence-electron chi connectivity index (χ4n) is 1.84. The second-order valence-electron chi connectivity index (χ2n) is 4.22. The highest BCUT2D eigenvalue weighted by molar-refractivity contribution is 7.92. The quantitative estimate of drug-likeness (QED) is 0.638. The van der Waals surface area contributed by atoms with Gasteiger partial charge in [-0.05, 0) is 17.7 Å². The van der Waals surface area contributed by atoms with E-state index in [2.05, 4.69) is 0 Å². The van der Waals surface area contributed by atoms with Crippen LogP contribution in [0.2, 0.25) is 0 Å². The van der Waals surface area contributed by atoms with E-state index < -0.39 is 20.0 Å². The zero-order chi connectivity index (χ0) is 15.5. The van der Waals surface area contributed by atoms with E-state index in [0.29, 0.717) is 5.56 Å². The fraction of sp³-hybridized carbons (Fsp3) is 0.0714. The Hall–Kier alpha value is -2.72. The van der Waals surface area contributed by atoms with Crippen molar-refractivity contribution in [3.63, 3.8) is 0 Å². The van der Waals surface area contributed by atoms with Gasteiger partial charge in [0.2, 0.25) is 0 Å². The van der Waals surface area contributed by atoms with Crippen molar-refractivity contribution in [2.75, 3.05) is 0 Å². The van der Waals surface area contributed by atoms with E-state index in [1.165, 1.54) is 0 Å². The summed E-state index contributed by atoms with van der Waals surface area (Å²) in [4.78, 5) is 9.84. The van der Waals surface area contributed by atoms with E-state index >= 15 is 0 Å². The summed E-state index contributed by atoms with van der Waals surface area (Å²) in [5, 5.41) is 18.4. The van der Waals surface area contributed by atoms with E-state index in [0.717, 1.165) is 24.3 Å². The molecular formula is C14H10N2O4S. The van der Waals surface area contributed by atoms with E-state index in [9.17, 15) is 23.8 Å². The average Bonchev–Trinajstić information content (AvgIpc) is 2.49. The Labute approximate surface area is 121 Å². The van der Waals surface area contributed by atoms with Gasteiger partial charge in [-0.1, -0.05) is 30.3 Å². The predicted molar refractivity (Wildman–Crippen MR) is 75.1 cm³/mol. The van der Waals surface area contributed by atoms with Crippen LogP contribution in [0.3, 0.4) is 0 Å². The molecule has 0 N–H and O–H groups in total. The maximum absolute atomic E-state index is 12.5. The fourth-order valence-corrected chi connectivity index (χ4v) is 3.29. The van der Waals surface area contributed by atoms with Crippen molar-refractivity contribution in [1.29, 1.82) is 5.26 Å². The molecule has 6 nitrogen and oxygen atoms in total. The zero-order valence-corrected chi connectivity index (χ0v) is 11.5. The first-order valence-electron chi connectivity index (χ1n) is 5.89. The molecule has 0 aliphatic rings. The number of nitriles is 1. The molecule has 0 aliphatic carbocycles. The molecule has 0 saturated heterocycles. The molecule has 0 heterocycles. The summed E-state index contributed by atoms with van der Waals surface area (Å²) in [5.41, 5.74) is 0.153. The number of nitrogens with zero attached hydrogens (tertiary/aromatic N) is 2. The molecule has 2 aromatic rings. The Morgan fingerprint density at radius 3 is 2.10 bits per heavy atom. The third kappa shape index (κ3) is 2.90. The number of nitro groups is 1. The number of hydrogen-bond acceptors (Lipinski definition) is 5. The standard InChI is InChI=1S/C14H10N2O4S/c15-10-14(11-4-2-1-3-5-11)21(19,20)13-8-6-12(7-9-13)16(17)18/h1-9,14H. The lowest BCUT2D eigenvalue weighted by atomic mass is 10.2. The Kier molecular flexibility index (Phi) is 4.00. The van der Waals surface area contributed by atoms with Gasteiger partial charge in [0.25, 0.3) is 5.69 Å². The SMILES string of the molecule is N#CC(c1ccccc1)S(=O)(=O)c1ccc([N+](=O)[O-])cc1. The van der Waals surface area contributed by atoms with Crippen LogP contribution in [0.5, 0.6) is 0 Å². The van der Waals surface area contributed by atoms with Gasteiger partial charge in [-0.15, -0.1) is 0 Å². The van der Waals surface area contributed by atoms with Gasteiger partial charge >= 0.3 is 0 Å². The second-order valence-corrected chi connectivity index (χ2v) is 6.25. The van der Waals surface area contributed by atoms with Crippen LogP contribution in [0.25, 0.3) is 0 Å². The molecule has 1 unspecified atom stereocenters. The molecule has 0 aliphatic heterocycles. The number of benzene rings is 2. The molecule has 0 saturated carbocycles. The summed E-state index contributed by atoms with van der Waals surface area (Å²) in [7, 11) is -3.93. The lowest BCUT2D eigenvalue weighted by Crippen LogP contribution is -2.12. The van der Waals surface area contributed by atoms with Gasteiger partial charge in [-0.25, -0.2) is 8.42 Å². The molecule has 7 heteroatoms. The maximum atomic E-state index is 12.5. The van der Waals surface area contributed by atoms with Crippen molar-refractivity contribution in [3.8, 4) is 6.07 Å². The van der Waals surface area contributed by atoms with Gasteiger partial charge in [0.1, 0.15) is 0 Å². The van der Waals surface area contributed by atoms with Crippen LogP contribution in [0.15, 0.2) is 59.5 Å². The molecule has 106 valence electrons. The van der Waals surface area contributed by atoms with Gasteiger partial charge < -0.3 is 0 Å². The van der Waals surface area contributed by atoms with Crippen LogP contribution in [-0.2, 0) is 9.84 Å². The molecule has 0 bridgehead atoms. The molecule has 0 fully saturated rings. The van der Waals surface area contributed by atoms with Crippen molar-refractivity contribution in [1.82, 2.24) is 0 Å². The molecule has 1 atom stereocenters. The van der Waals surface area contributed by atoms with Gasteiger partial charge in [0, 0.05) is 12.1 Å². The van der Waals surface area contributed by atoms with Crippen LogP contribution in [0.1, 0.15) is 10.8 Å². The second kappa shape index (κ2) is 5.73. The molecule has 0 aromatic heterocycles. The van der Waals surface area contributed by atoms with Crippen LogP contribution >= 0.6 is 0 Å². The van der Waals surface area contributed by atoms with Crippen LogP contribution in [0.4, 0.5) is 5.69 Å². The Morgan fingerprint density at radius 2 is 1.62 bits per heavy atom. The summed E-state index contributed by atoms with van der Waals surface area (Å²) < 4.78 is 24.9. The highest BCUT2D eigenvalue weighted by Crippen LogP contribution is 2.29. The smallest absolute Gasteiger partial charge is 0.258 e. The Balaban J connectivity index is 2.46. The van der Waals surface area contributed by atoms with E-state index in [4.69, 9.17) is 0 Å². The first-order valence-corrected chi connectivity index (χ1v) is 7.44. The maximum Gasteiger partial charge on any atom is 0.269 e. The Bertz CT molecular complexity index is 793. The summed E-state index contributed by atoms with van der Waals surface area (Å²) in [6.07, 6.45) is 0. The largest absolute Gasteiger partial charge is 0.269 e. The lowest BCUT2D eigenvalue weighted by Gasteiger charge is -2.10. The first-order chi connectivity index (χ1) is 9.96. The third-order valence-corrected chi connectivity index (χ3v) is 4.83. The highest BCUT2D eigenvalue weighted by Gasteiger charge is 2.29.